The van der Waals surface area contributed by atoms with Crippen LogP contribution in [-0.4, -0.2) is 17.4 Å². The van der Waals surface area contributed by atoms with Crippen molar-refractivity contribution in [3.63, 3.8) is 0 Å². The summed E-state index contributed by atoms with van der Waals surface area (Å²) in [5.41, 5.74) is 0.585. The third-order valence-electron chi connectivity index (χ3n) is 2.84. The zero-order valence-corrected chi connectivity index (χ0v) is 13.4. The van der Waals surface area contributed by atoms with E-state index in [1.807, 2.05) is 51.3 Å². The Bertz CT molecular complexity index is 615. The lowest BCUT2D eigenvalue weighted by molar-refractivity contribution is 0.262. The number of anilines is 2. The van der Waals surface area contributed by atoms with Crippen molar-refractivity contribution >= 4 is 29.3 Å². The van der Waals surface area contributed by atoms with E-state index >= 15 is 0 Å². The molecular weight excluding hydrogens is 286 g/mol. The van der Waals surface area contributed by atoms with Gasteiger partial charge in [0.05, 0.1) is 0 Å². The molecule has 2 N–H and O–H groups in total. The Morgan fingerprint density at radius 2 is 1.86 bits per heavy atom. The van der Waals surface area contributed by atoms with Gasteiger partial charge in [-0.3, -0.25) is 5.32 Å². The van der Waals surface area contributed by atoms with Crippen LogP contribution >= 0.6 is 11.8 Å². The van der Waals surface area contributed by atoms with E-state index in [0.717, 1.165) is 16.3 Å². The number of benzene rings is 1. The molecule has 112 valence electrons. The van der Waals surface area contributed by atoms with E-state index in [1.165, 1.54) is 0 Å². The van der Waals surface area contributed by atoms with E-state index in [2.05, 4.69) is 15.8 Å². The molecule has 2 rings (SSSR count). The monoisotopic (exact) mass is 305 g/mol. The number of nitrogens with zero attached hydrogens (tertiary/aromatic N) is 1. The molecular formula is C15H19N3O2S. The minimum Gasteiger partial charge on any atom is -0.359 e. The first kappa shape index (κ1) is 15.4. The SMILES string of the molecule is CSc1ccc(NC(=O)Nc2cc(C(C)(C)C)on2)cc1. The molecule has 1 aromatic carbocycles. The zero-order valence-electron chi connectivity index (χ0n) is 12.6. The lowest BCUT2D eigenvalue weighted by Gasteiger charge is -2.12. The Morgan fingerprint density at radius 3 is 2.38 bits per heavy atom. The van der Waals surface area contributed by atoms with E-state index in [1.54, 1.807) is 17.8 Å². The van der Waals surface area contributed by atoms with Gasteiger partial charge in [0, 0.05) is 22.1 Å². The normalized spacial score (nSPS) is 11.2. The molecule has 1 heterocycles. The molecule has 6 heteroatoms. The van der Waals surface area contributed by atoms with Crippen molar-refractivity contribution in [1.29, 1.82) is 0 Å². The highest BCUT2D eigenvalue weighted by Crippen LogP contribution is 2.24. The van der Waals surface area contributed by atoms with Crippen molar-refractivity contribution in [1.82, 2.24) is 5.16 Å². The Balaban J connectivity index is 1.96. The molecule has 2 amide bonds. The van der Waals surface area contributed by atoms with Crippen molar-refractivity contribution in [3.8, 4) is 0 Å². The smallest absolute Gasteiger partial charge is 0.324 e. The van der Waals surface area contributed by atoms with E-state index in [0.29, 0.717) is 5.82 Å². The molecule has 0 aliphatic carbocycles. The van der Waals surface area contributed by atoms with E-state index in [-0.39, 0.29) is 11.4 Å². The molecule has 21 heavy (non-hydrogen) atoms. The van der Waals surface area contributed by atoms with Crippen molar-refractivity contribution in [2.75, 3.05) is 16.9 Å². The van der Waals surface area contributed by atoms with Crippen LogP contribution in [0.5, 0.6) is 0 Å². The van der Waals surface area contributed by atoms with Crippen LogP contribution in [0.25, 0.3) is 0 Å². The number of rotatable bonds is 3. The maximum Gasteiger partial charge on any atom is 0.324 e. The predicted molar refractivity (Wildman–Crippen MR) is 86.1 cm³/mol. The van der Waals surface area contributed by atoms with Crippen molar-refractivity contribution in [3.05, 3.63) is 36.1 Å². The molecule has 0 fully saturated rings. The maximum atomic E-state index is 11.9. The zero-order chi connectivity index (χ0) is 15.5. The van der Waals surface area contributed by atoms with Crippen LogP contribution in [0.3, 0.4) is 0 Å². The van der Waals surface area contributed by atoms with Gasteiger partial charge in [0.25, 0.3) is 0 Å². The van der Waals surface area contributed by atoms with Crippen LogP contribution in [-0.2, 0) is 5.41 Å². The summed E-state index contributed by atoms with van der Waals surface area (Å²) in [6.07, 6.45) is 2.01. The first-order chi connectivity index (χ1) is 9.88. The maximum absolute atomic E-state index is 11.9. The number of hydrogen-bond donors (Lipinski definition) is 2. The van der Waals surface area contributed by atoms with E-state index < -0.39 is 0 Å². The second-order valence-corrected chi connectivity index (χ2v) is 6.51. The van der Waals surface area contributed by atoms with Gasteiger partial charge < -0.3 is 9.84 Å². The molecule has 0 unspecified atom stereocenters. The van der Waals surface area contributed by atoms with E-state index in [9.17, 15) is 4.79 Å². The molecule has 2 aromatic rings. The van der Waals surface area contributed by atoms with Gasteiger partial charge in [-0.2, -0.15) is 0 Å². The van der Waals surface area contributed by atoms with Gasteiger partial charge >= 0.3 is 6.03 Å². The summed E-state index contributed by atoms with van der Waals surface area (Å²) in [6.45, 7) is 6.06. The number of amides is 2. The quantitative estimate of drug-likeness (QED) is 0.828. The highest BCUT2D eigenvalue weighted by atomic mass is 32.2. The highest BCUT2D eigenvalue weighted by molar-refractivity contribution is 7.98. The van der Waals surface area contributed by atoms with Gasteiger partial charge in [0.15, 0.2) is 5.82 Å². The number of carbonyl (C=O) groups is 1. The summed E-state index contributed by atoms with van der Waals surface area (Å²) in [7, 11) is 0. The lowest BCUT2D eigenvalue weighted by Crippen LogP contribution is -2.19. The summed E-state index contributed by atoms with van der Waals surface area (Å²) < 4.78 is 5.22. The number of carbonyl (C=O) groups excluding carboxylic acids is 1. The fourth-order valence-electron chi connectivity index (χ4n) is 1.64. The fraction of sp³-hybridized carbons (Fsp3) is 0.333. The Labute approximate surface area is 128 Å². The van der Waals surface area contributed by atoms with Gasteiger partial charge in [-0.25, -0.2) is 4.79 Å². The molecule has 1 aromatic heterocycles. The Morgan fingerprint density at radius 1 is 1.19 bits per heavy atom. The summed E-state index contributed by atoms with van der Waals surface area (Å²) in [5, 5.41) is 9.24. The Kier molecular flexibility index (Phi) is 4.57. The van der Waals surface area contributed by atoms with Gasteiger partial charge in [-0.15, -0.1) is 11.8 Å². The second-order valence-electron chi connectivity index (χ2n) is 5.63. The lowest BCUT2D eigenvalue weighted by atomic mass is 9.93. The number of thioether (sulfide) groups is 1. The topological polar surface area (TPSA) is 67.2 Å². The number of urea groups is 1. The molecule has 0 atom stereocenters. The first-order valence-electron chi connectivity index (χ1n) is 6.58. The molecule has 0 saturated heterocycles. The van der Waals surface area contributed by atoms with Gasteiger partial charge in [0.2, 0.25) is 0 Å². The van der Waals surface area contributed by atoms with Gasteiger partial charge in [-0.1, -0.05) is 25.9 Å². The van der Waals surface area contributed by atoms with Crippen LogP contribution in [0.2, 0.25) is 0 Å². The third kappa shape index (κ3) is 4.26. The minimum absolute atomic E-state index is 0.142. The highest BCUT2D eigenvalue weighted by Gasteiger charge is 2.20. The predicted octanol–water partition coefficient (Wildman–Crippen LogP) is 4.34. The number of nitrogens with one attached hydrogen (secondary N) is 2. The third-order valence-corrected chi connectivity index (χ3v) is 3.58. The molecule has 0 bridgehead atoms. The van der Waals surface area contributed by atoms with Crippen LogP contribution in [0.1, 0.15) is 26.5 Å². The van der Waals surface area contributed by atoms with E-state index in [4.69, 9.17) is 4.52 Å². The van der Waals surface area contributed by atoms with Gasteiger partial charge in [0.1, 0.15) is 5.76 Å². The van der Waals surface area contributed by atoms with Crippen LogP contribution in [0.4, 0.5) is 16.3 Å². The summed E-state index contributed by atoms with van der Waals surface area (Å²) in [6, 6.07) is 9.00. The van der Waals surface area contributed by atoms with Crippen molar-refractivity contribution in [2.45, 2.75) is 31.1 Å². The molecule has 0 aliphatic heterocycles. The average Bonchev–Trinajstić information content (AvgIpc) is 2.88. The van der Waals surface area contributed by atoms with Crippen molar-refractivity contribution < 1.29 is 9.32 Å². The molecule has 0 aliphatic rings. The minimum atomic E-state index is -0.347. The number of aromatic nitrogens is 1. The summed E-state index contributed by atoms with van der Waals surface area (Å²) in [4.78, 5) is 13.0. The summed E-state index contributed by atoms with van der Waals surface area (Å²) >= 11 is 1.65. The molecule has 0 spiro atoms. The first-order valence-corrected chi connectivity index (χ1v) is 7.80. The molecule has 0 radical (unpaired) electrons. The largest absolute Gasteiger partial charge is 0.359 e. The van der Waals surface area contributed by atoms with Crippen molar-refractivity contribution in [2.24, 2.45) is 0 Å². The Hall–Kier alpha value is -1.95. The van der Waals surface area contributed by atoms with Crippen LogP contribution < -0.4 is 10.6 Å². The fourth-order valence-corrected chi connectivity index (χ4v) is 2.05. The molecule has 5 nitrogen and oxygen atoms in total. The average molecular weight is 305 g/mol. The van der Waals surface area contributed by atoms with Gasteiger partial charge in [-0.05, 0) is 30.5 Å². The second kappa shape index (κ2) is 6.22. The standard InChI is InChI=1S/C15H19N3O2S/c1-15(2,3)12-9-13(18-20-12)17-14(19)16-10-5-7-11(21-4)8-6-10/h5-9H,1-4H3,(H2,16,17,18,19). The van der Waals surface area contributed by atoms with Crippen LogP contribution in [0, 0.1) is 0 Å². The molecule has 0 saturated carbocycles. The number of hydrogen-bond acceptors (Lipinski definition) is 4. The summed E-state index contributed by atoms with van der Waals surface area (Å²) in [5.74, 6) is 1.13. The van der Waals surface area contributed by atoms with Crippen LogP contribution in [0.15, 0.2) is 39.8 Å².